The Balaban J connectivity index is 3.22. The minimum atomic E-state index is -0.803. The lowest BCUT2D eigenvalue weighted by molar-refractivity contribution is -0.136. The second-order valence-electron chi connectivity index (χ2n) is 5.78. The van der Waals surface area contributed by atoms with Crippen LogP contribution in [-0.2, 0) is 4.79 Å². The fraction of sp³-hybridized carbons (Fsp3) is 0.750. The molecule has 0 atom stereocenters. The highest BCUT2D eigenvalue weighted by Crippen LogP contribution is 2.11. The van der Waals surface area contributed by atoms with E-state index < -0.39 is 5.97 Å². The molecule has 0 radical (unpaired) electrons. The Morgan fingerprint density at radius 3 is 1.68 bits per heavy atom. The molecule has 0 aromatic carbocycles. The summed E-state index contributed by atoms with van der Waals surface area (Å²) in [6, 6.07) is 0. The maximum Gasteiger partial charge on any atom is 0.304 e. The van der Waals surface area contributed by atoms with Crippen molar-refractivity contribution in [2.45, 2.75) is 96.8 Å². The lowest BCUT2D eigenvalue weighted by atomic mass is 10.1. The average molecular weight is 304 g/mol. The van der Waals surface area contributed by atoms with Crippen molar-refractivity contribution in [1.82, 2.24) is 0 Å². The number of carboxylic acid groups (broad SMARTS) is 1. The van der Waals surface area contributed by atoms with Crippen molar-refractivity contribution in [2.75, 3.05) is 0 Å². The first-order valence-corrected chi connectivity index (χ1v) is 8.95. The van der Waals surface area contributed by atoms with Crippen LogP contribution in [0.5, 0.6) is 0 Å². The van der Waals surface area contributed by atoms with E-state index in [4.69, 9.17) is 5.11 Å². The largest absolute Gasteiger partial charge is 0.481 e. The summed E-state index contributed by atoms with van der Waals surface area (Å²) in [4.78, 5) is 10.3. The number of rotatable bonds is 13. The molecule has 0 spiro atoms. The van der Waals surface area contributed by atoms with Gasteiger partial charge in [0.25, 0.3) is 0 Å². The van der Waals surface area contributed by atoms with Crippen molar-refractivity contribution < 1.29 is 9.90 Å². The molecule has 0 rings (SSSR count). The fourth-order valence-corrected chi connectivity index (χ4v) is 2.26. The number of hydrogen-bond acceptors (Lipinski definition) is 1. The molecule has 0 aliphatic heterocycles. The van der Waals surface area contributed by atoms with Gasteiger partial charge < -0.3 is 5.11 Å². The van der Waals surface area contributed by atoms with Crippen molar-refractivity contribution in [3.05, 3.63) is 0 Å². The SMILES string of the molecule is CCCCCCCCCCCCCC#CC#CCCC(=O)O. The van der Waals surface area contributed by atoms with Gasteiger partial charge in [0, 0.05) is 12.8 Å². The first kappa shape index (κ1) is 20.6. The van der Waals surface area contributed by atoms with Gasteiger partial charge in [0.1, 0.15) is 0 Å². The van der Waals surface area contributed by atoms with Gasteiger partial charge in [0.05, 0.1) is 6.42 Å². The van der Waals surface area contributed by atoms with Gasteiger partial charge in [-0.1, -0.05) is 83.0 Å². The zero-order chi connectivity index (χ0) is 16.3. The first-order chi connectivity index (χ1) is 10.8. The highest BCUT2D eigenvalue weighted by Gasteiger charge is 1.92. The molecule has 0 aromatic rings. The van der Waals surface area contributed by atoms with E-state index >= 15 is 0 Å². The Kier molecular flexibility index (Phi) is 16.5. The molecule has 0 saturated carbocycles. The summed E-state index contributed by atoms with van der Waals surface area (Å²) in [6.45, 7) is 2.26. The Hall–Kier alpha value is -1.41. The van der Waals surface area contributed by atoms with E-state index in [0.29, 0.717) is 6.42 Å². The molecule has 0 saturated heterocycles. The van der Waals surface area contributed by atoms with Crippen LogP contribution in [-0.4, -0.2) is 11.1 Å². The highest BCUT2D eigenvalue weighted by atomic mass is 16.4. The van der Waals surface area contributed by atoms with Gasteiger partial charge in [-0.2, -0.15) is 0 Å². The molecule has 0 bridgehead atoms. The van der Waals surface area contributed by atoms with Crippen LogP contribution in [0.3, 0.4) is 0 Å². The van der Waals surface area contributed by atoms with Crippen LogP contribution in [0.25, 0.3) is 0 Å². The summed E-state index contributed by atoms with van der Waals surface area (Å²) in [5, 5.41) is 8.44. The van der Waals surface area contributed by atoms with E-state index in [0.717, 1.165) is 12.8 Å². The van der Waals surface area contributed by atoms with Crippen molar-refractivity contribution in [3.8, 4) is 23.7 Å². The average Bonchev–Trinajstić information content (AvgIpc) is 2.50. The summed E-state index contributed by atoms with van der Waals surface area (Å²) in [5.74, 6) is 10.5. The van der Waals surface area contributed by atoms with Crippen molar-refractivity contribution in [1.29, 1.82) is 0 Å². The second-order valence-corrected chi connectivity index (χ2v) is 5.78. The fourth-order valence-electron chi connectivity index (χ4n) is 2.26. The van der Waals surface area contributed by atoms with E-state index in [1.165, 1.54) is 64.2 Å². The van der Waals surface area contributed by atoms with Gasteiger partial charge in [0.15, 0.2) is 0 Å². The zero-order valence-electron chi connectivity index (χ0n) is 14.3. The van der Waals surface area contributed by atoms with E-state index in [1.807, 2.05) is 0 Å². The van der Waals surface area contributed by atoms with Crippen LogP contribution >= 0.6 is 0 Å². The lowest BCUT2D eigenvalue weighted by Crippen LogP contribution is -1.91. The quantitative estimate of drug-likeness (QED) is 0.357. The monoisotopic (exact) mass is 304 g/mol. The molecule has 1 N–H and O–H groups in total. The van der Waals surface area contributed by atoms with Crippen LogP contribution in [0.1, 0.15) is 96.8 Å². The van der Waals surface area contributed by atoms with Crippen LogP contribution in [0.2, 0.25) is 0 Å². The summed E-state index contributed by atoms with van der Waals surface area (Å²) in [7, 11) is 0. The van der Waals surface area contributed by atoms with Crippen LogP contribution in [0.15, 0.2) is 0 Å². The zero-order valence-corrected chi connectivity index (χ0v) is 14.3. The van der Waals surface area contributed by atoms with Gasteiger partial charge >= 0.3 is 5.97 Å². The highest BCUT2D eigenvalue weighted by molar-refractivity contribution is 5.67. The van der Waals surface area contributed by atoms with Gasteiger partial charge in [0.2, 0.25) is 0 Å². The van der Waals surface area contributed by atoms with Gasteiger partial charge in [-0.15, -0.1) is 0 Å². The number of unbranched alkanes of at least 4 members (excludes halogenated alkanes) is 11. The molecule has 0 aliphatic carbocycles. The number of hydrogen-bond donors (Lipinski definition) is 1. The summed E-state index contributed by atoms with van der Waals surface area (Å²) in [6.07, 6.45) is 16.2. The minimum Gasteiger partial charge on any atom is -0.481 e. The molecule has 22 heavy (non-hydrogen) atoms. The van der Waals surface area contributed by atoms with Gasteiger partial charge in [-0.25, -0.2) is 0 Å². The number of carbonyl (C=O) groups is 1. The van der Waals surface area contributed by atoms with Gasteiger partial charge in [-0.05, 0) is 18.3 Å². The first-order valence-electron chi connectivity index (χ1n) is 8.95. The second kappa shape index (κ2) is 17.6. The van der Waals surface area contributed by atoms with E-state index in [-0.39, 0.29) is 6.42 Å². The van der Waals surface area contributed by atoms with Crippen molar-refractivity contribution in [2.24, 2.45) is 0 Å². The Bertz CT molecular complexity index is 376. The third-order valence-corrected chi connectivity index (χ3v) is 3.61. The minimum absolute atomic E-state index is 0.104. The lowest BCUT2D eigenvalue weighted by Gasteiger charge is -2.01. The van der Waals surface area contributed by atoms with Gasteiger partial charge in [-0.3, -0.25) is 4.79 Å². The molecule has 0 unspecified atom stereocenters. The molecule has 0 aliphatic rings. The molecule has 0 aromatic heterocycles. The third kappa shape index (κ3) is 18.6. The standard InChI is InChI=1S/C20H32O2/c1-2-3-4-5-6-7-8-9-10-11-12-13-14-15-16-17-18-19-20(21)22/h2-13,18-19H2,1H3,(H,21,22). The Morgan fingerprint density at radius 2 is 1.18 bits per heavy atom. The summed E-state index contributed by atoms with van der Waals surface area (Å²) < 4.78 is 0. The normalized spacial score (nSPS) is 9.50. The molecule has 0 heterocycles. The predicted molar refractivity (Wildman–Crippen MR) is 93.5 cm³/mol. The molecular weight excluding hydrogens is 272 g/mol. The molecule has 0 amide bonds. The molecule has 2 nitrogen and oxygen atoms in total. The molecule has 124 valence electrons. The van der Waals surface area contributed by atoms with E-state index in [9.17, 15) is 4.79 Å². The smallest absolute Gasteiger partial charge is 0.304 e. The van der Waals surface area contributed by atoms with Crippen LogP contribution in [0, 0.1) is 23.7 Å². The number of carboxylic acids is 1. The van der Waals surface area contributed by atoms with Crippen LogP contribution in [0.4, 0.5) is 0 Å². The predicted octanol–water partition coefficient (Wildman–Crippen LogP) is 5.56. The maximum absolute atomic E-state index is 10.3. The molecule has 2 heteroatoms. The Morgan fingerprint density at radius 1 is 0.727 bits per heavy atom. The topological polar surface area (TPSA) is 37.3 Å². The summed E-state index contributed by atoms with van der Waals surface area (Å²) in [5.41, 5.74) is 0. The van der Waals surface area contributed by atoms with E-state index in [1.54, 1.807) is 0 Å². The molecular formula is C20H32O2. The van der Waals surface area contributed by atoms with Crippen LogP contribution < -0.4 is 0 Å². The number of aliphatic carboxylic acids is 1. The third-order valence-electron chi connectivity index (χ3n) is 3.61. The van der Waals surface area contributed by atoms with Crippen molar-refractivity contribution >= 4 is 5.97 Å². The van der Waals surface area contributed by atoms with E-state index in [2.05, 4.69) is 30.6 Å². The van der Waals surface area contributed by atoms with Crippen molar-refractivity contribution in [3.63, 3.8) is 0 Å². The molecule has 0 fully saturated rings. The maximum atomic E-state index is 10.3. The Labute approximate surface area is 137 Å². The summed E-state index contributed by atoms with van der Waals surface area (Å²) >= 11 is 0.